The molecule has 8 aliphatic carbocycles. The average molecular weight is 579 g/mol. The van der Waals surface area contributed by atoms with E-state index in [9.17, 15) is 0 Å². The van der Waals surface area contributed by atoms with Crippen LogP contribution >= 0.6 is 0 Å². The first-order valence-corrected chi connectivity index (χ1v) is 15.5. The Hall–Kier alpha value is -3.48. The summed E-state index contributed by atoms with van der Waals surface area (Å²) < 4.78 is 0. The largest absolute Gasteiger partial charge is 0.124 e. The van der Waals surface area contributed by atoms with E-state index in [1.54, 1.807) is 22.3 Å². The van der Waals surface area contributed by atoms with Gasteiger partial charge in [0, 0.05) is 2.85 Å². The lowest BCUT2D eigenvalue weighted by molar-refractivity contribution is 0.273. The van der Waals surface area contributed by atoms with Crippen LogP contribution in [0, 0.1) is 73.0 Å². The van der Waals surface area contributed by atoms with E-state index >= 15 is 0 Å². The highest BCUT2D eigenvalue weighted by molar-refractivity contribution is 5.59. The molecule has 232 valence electrons. The number of benzene rings is 1. The number of hydrogen-bond acceptors (Lipinski definition) is 0. The summed E-state index contributed by atoms with van der Waals surface area (Å²) in [7, 11) is 0. The van der Waals surface area contributed by atoms with Gasteiger partial charge in [-0.15, -0.1) is 25.7 Å². The summed E-state index contributed by atoms with van der Waals surface area (Å²) in [5, 5.41) is 0. The van der Waals surface area contributed by atoms with Gasteiger partial charge in [-0.2, -0.15) is 0 Å². The Morgan fingerprint density at radius 2 is 1.12 bits per heavy atom. The van der Waals surface area contributed by atoms with E-state index in [0.29, 0.717) is 0 Å². The van der Waals surface area contributed by atoms with Crippen molar-refractivity contribution in [2.75, 3.05) is 0 Å². The number of fused-ring (bicyclic) bond motifs is 12. The molecule has 6 bridgehead atoms. The van der Waals surface area contributed by atoms with Crippen LogP contribution in [0.25, 0.3) is 6.08 Å². The van der Waals surface area contributed by atoms with Gasteiger partial charge in [0.2, 0.25) is 0 Å². The topological polar surface area (TPSA) is 0 Å². The van der Waals surface area contributed by atoms with E-state index in [1.807, 2.05) is 0 Å². The van der Waals surface area contributed by atoms with Gasteiger partial charge in [0.15, 0.2) is 0 Å². The van der Waals surface area contributed by atoms with Crippen LogP contribution in [0.1, 0.15) is 82.2 Å². The molecule has 2 saturated carbocycles. The molecule has 0 amide bonds. The SMILES string of the molecule is C.C.C#C.C#C.C1=CCC=C1.C1=Cc2ccccc2C1.CC1=C(C)C2C=CC1C2.CC1=C(C)C2CC1C1C3C=CC(C3)C21.[2HH].[2HH]. The predicted octanol–water partition coefficient (Wildman–Crippen LogP) is 12.0. The highest BCUT2D eigenvalue weighted by atomic mass is 14.6. The Morgan fingerprint density at radius 1 is 0.605 bits per heavy atom. The van der Waals surface area contributed by atoms with Gasteiger partial charge < -0.3 is 0 Å². The fourth-order valence-electron chi connectivity index (χ4n) is 8.65. The molecule has 1 aromatic rings. The highest BCUT2D eigenvalue weighted by Gasteiger charge is 2.59. The van der Waals surface area contributed by atoms with Crippen molar-refractivity contribution in [2.45, 2.75) is 74.7 Å². The maximum atomic E-state index is 4.00. The third-order valence-corrected chi connectivity index (χ3v) is 10.9. The van der Waals surface area contributed by atoms with Crippen LogP contribution < -0.4 is 0 Å². The first-order valence-electron chi connectivity index (χ1n) is 15.5. The maximum absolute atomic E-state index is 4.00. The third-order valence-electron chi connectivity index (χ3n) is 10.9. The number of hydrogen-bond donors (Lipinski definition) is 0. The number of allylic oxidation sites excluding steroid dienone is 13. The lowest BCUT2D eigenvalue weighted by Gasteiger charge is -2.33. The summed E-state index contributed by atoms with van der Waals surface area (Å²) >= 11 is 0. The molecule has 0 heterocycles. The second-order valence-corrected chi connectivity index (χ2v) is 12.5. The molecule has 0 N–H and O–H groups in total. The molecule has 1 aromatic carbocycles. The first kappa shape index (κ1) is 35.7. The summed E-state index contributed by atoms with van der Waals surface area (Å²) in [6.07, 6.45) is 45.1. The van der Waals surface area contributed by atoms with E-state index in [4.69, 9.17) is 0 Å². The zero-order valence-electron chi connectivity index (χ0n) is 25.5. The molecule has 8 atom stereocenters. The van der Waals surface area contributed by atoms with Crippen LogP contribution in [0.2, 0.25) is 0 Å². The van der Waals surface area contributed by atoms with Crippen LogP contribution in [-0.4, -0.2) is 0 Å². The zero-order chi connectivity index (χ0) is 29.5. The van der Waals surface area contributed by atoms with Crippen LogP contribution in [-0.2, 0) is 6.42 Å². The van der Waals surface area contributed by atoms with Gasteiger partial charge >= 0.3 is 0 Å². The van der Waals surface area contributed by atoms with Crippen molar-refractivity contribution in [1.29, 1.82) is 0 Å². The third kappa shape index (κ3) is 7.19. The Balaban J connectivity index is 0.000000561. The monoisotopic (exact) mass is 578 g/mol. The summed E-state index contributed by atoms with van der Waals surface area (Å²) in [6, 6.07) is 8.49. The van der Waals surface area contributed by atoms with Gasteiger partial charge in [0.05, 0.1) is 0 Å². The van der Waals surface area contributed by atoms with Gasteiger partial charge in [-0.3, -0.25) is 0 Å². The minimum atomic E-state index is 0. The molecule has 0 aliphatic heterocycles. The van der Waals surface area contributed by atoms with E-state index in [2.05, 4.69) is 138 Å². The van der Waals surface area contributed by atoms with Crippen molar-refractivity contribution in [3.8, 4) is 25.7 Å². The summed E-state index contributed by atoms with van der Waals surface area (Å²) in [5.41, 5.74) is 9.62. The van der Waals surface area contributed by atoms with Crippen molar-refractivity contribution in [3.63, 3.8) is 0 Å². The smallest absolute Gasteiger partial charge is 0 e. The standard InChI is InChI=1S/C14H18.C9H12.C9H8.C5H6.2C2H2.2CH4.2H2/c1-7-8(2)12-6-11(7)13-9-3-4-10(5-9)14(12)13;1-6-7(2)9-4-3-8(6)5-9;1-2-5-9-7-3-6-8(9)4-1;1-2-4-5-3-1;2*1-2;;;;/h3-4,9-14H,5-6H2,1-2H3;3-4,8-9H,5H2,1-2H3;1-6H,7H2;1-4H,5H2;2*1-2H;2*1H4;2*1H/i;;;;;;;;2*1+1. The first-order chi connectivity index (χ1) is 20.0. The van der Waals surface area contributed by atoms with Gasteiger partial charge in [-0.1, -0.05) is 122 Å². The van der Waals surface area contributed by atoms with Crippen LogP contribution in [0.3, 0.4) is 0 Å². The lowest BCUT2D eigenvalue weighted by atomic mass is 9.71. The molecule has 0 heteroatoms. The Morgan fingerprint density at radius 3 is 1.53 bits per heavy atom. The zero-order valence-corrected chi connectivity index (χ0v) is 25.5. The predicted molar refractivity (Wildman–Crippen MR) is 196 cm³/mol. The van der Waals surface area contributed by atoms with E-state index in [0.717, 1.165) is 60.2 Å². The van der Waals surface area contributed by atoms with Gasteiger partial charge in [0.1, 0.15) is 0 Å². The van der Waals surface area contributed by atoms with E-state index < -0.39 is 0 Å². The maximum Gasteiger partial charge on any atom is 0 e. The van der Waals surface area contributed by atoms with Crippen LogP contribution in [0.5, 0.6) is 0 Å². The number of terminal acetylenes is 2. The van der Waals surface area contributed by atoms with Gasteiger partial charge in [-0.25, -0.2) is 0 Å². The lowest BCUT2D eigenvalue weighted by Crippen LogP contribution is -2.26. The Kier molecular flexibility index (Phi) is 13.6. The van der Waals surface area contributed by atoms with Gasteiger partial charge in [-0.05, 0) is 118 Å². The van der Waals surface area contributed by atoms with Crippen LogP contribution in [0.15, 0.2) is 101 Å². The van der Waals surface area contributed by atoms with Crippen molar-refractivity contribution in [1.82, 2.24) is 0 Å². The van der Waals surface area contributed by atoms with Crippen LogP contribution in [0.4, 0.5) is 0 Å². The fraction of sp³-hybridized carbons (Fsp3) is 0.442. The fourth-order valence-corrected chi connectivity index (χ4v) is 8.65. The molecule has 43 heavy (non-hydrogen) atoms. The molecule has 0 aromatic heterocycles. The second-order valence-electron chi connectivity index (χ2n) is 12.5. The van der Waals surface area contributed by atoms with Crippen molar-refractivity contribution < 1.29 is 2.85 Å². The van der Waals surface area contributed by atoms with Gasteiger partial charge in [0.25, 0.3) is 0 Å². The normalized spacial score (nSPS) is 31.9. The summed E-state index contributed by atoms with van der Waals surface area (Å²) in [5.74, 6) is 7.61. The van der Waals surface area contributed by atoms with E-state index in [1.165, 1.54) is 30.4 Å². The van der Waals surface area contributed by atoms with E-state index in [-0.39, 0.29) is 17.7 Å². The molecule has 8 aliphatic rings. The minimum absolute atomic E-state index is 0. The molecule has 2 fully saturated rings. The van der Waals surface area contributed by atoms with Crippen molar-refractivity contribution >= 4 is 6.08 Å². The molecular formula is C43H60. The molecular weight excluding hydrogens is 516 g/mol. The molecule has 0 spiro atoms. The van der Waals surface area contributed by atoms with Crippen molar-refractivity contribution in [2.24, 2.45) is 47.3 Å². The Bertz CT molecular complexity index is 1270. The average Bonchev–Trinajstić information content (AvgIpc) is 3.88. The molecule has 8 unspecified atom stereocenters. The second kappa shape index (κ2) is 16.4. The summed E-state index contributed by atoms with van der Waals surface area (Å²) in [4.78, 5) is 0. The quantitative estimate of drug-likeness (QED) is 0.163. The molecule has 0 nitrogen and oxygen atoms in total. The summed E-state index contributed by atoms with van der Waals surface area (Å²) in [6.45, 7) is 9.32. The molecule has 0 saturated heterocycles. The highest BCUT2D eigenvalue weighted by Crippen LogP contribution is 2.66. The van der Waals surface area contributed by atoms with Crippen molar-refractivity contribution in [3.05, 3.63) is 112 Å². The molecule has 9 rings (SSSR count). The minimum Gasteiger partial charge on any atom is -0.124 e. The molecule has 0 radical (unpaired) electrons. The Labute approximate surface area is 268 Å². The number of rotatable bonds is 0.